The van der Waals surface area contributed by atoms with Gasteiger partial charge >= 0.3 is 0 Å². The van der Waals surface area contributed by atoms with E-state index in [9.17, 15) is 14.9 Å². The first-order valence-electron chi connectivity index (χ1n) is 8.05. The minimum Gasteiger partial charge on any atom is -0.495 e. The van der Waals surface area contributed by atoms with Gasteiger partial charge in [-0.3, -0.25) is 14.9 Å². The molecule has 0 saturated carbocycles. The maximum absolute atomic E-state index is 12.2. The third-order valence-corrected chi connectivity index (χ3v) is 5.32. The van der Waals surface area contributed by atoms with Gasteiger partial charge in [0.1, 0.15) is 11.3 Å². The number of nitro benzene ring substituents is 1. The van der Waals surface area contributed by atoms with Crippen molar-refractivity contribution in [3.05, 3.63) is 68.5 Å². The van der Waals surface area contributed by atoms with Crippen molar-refractivity contribution in [2.75, 3.05) is 7.11 Å². The maximum Gasteiger partial charge on any atom is 0.272 e. The Kier molecular flexibility index (Phi) is 5.18. The molecule has 27 heavy (non-hydrogen) atoms. The molecule has 0 aliphatic carbocycles. The van der Waals surface area contributed by atoms with Crippen LogP contribution < -0.4 is 9.54 Å². The lowest BCUT2D eigenvalue weighted by atomic mass is 10.2. The summed E-state index contributed by atoms with van der Waals surface area (Å²) in [6.45, 7) is 2.00. The number of nitrogens with zero attached hydrogens (tertiary/aromatic N) is 3. The average Bonchev–Trinajstić information content (AvgIpc) is 2.98. The summed E-state index contributed by atoms with van der Waals surface area (Å²) >= 11 is 1.42. The molecule has 7 nitrogen and oxygen atoms in total. The van der Waals surface area contributed by atoms with Gasteiger partial charge in [-0.1, -0.05) is 17.4 Å². The first kappa shape index (κ1) is 18.5. The quantitative estimate of drug-likeness (QED) is 0.391. The second-order valence-electron chi connectivity index (χ2n) is 5.84. The van der Waals surface area contributed by atoms with Gasteiger partial charge < -0.3 is 9.30 Å². The summed E-state index contributed by atoms with van der Waals surface area (Å²) in [6.07, 6.45) is 2.92. The fraction of sp³-hybridized carbons (Fsp3) is 0.158. The summed E-state index contributed by atoms with van der Waals surface area (Å²) in [7, 11) is 3.45. The Morgan fingerprint density at radius 2 is 1.96 bits per heavy atom. The monoisotopic (exact) mass is 383 g/mol. The van der Waals surface area contributed by atoms with Crippen LogP contribution in [0.15, 0.2) is 47.5 Å². The molecule has 0 aliphatic rings. The van der Waals surface area contributed by atoms with E-state index in [-0.39, 0.29) is 5.69 Å². The summed E-state index contributed by atoms with van der Waals surface area (Å²) in [5.41, 5.74) is 2.67. The van der Waals surface area contributed by atoms with Crippen molar-refractivity contribution in [2.45, 2.75) is 6.92 Å². The number of rotatable bonds is 4. The number of fused-ring (bicyclic) bond motifs is 1. The van der Waals surface area contributed by atoms with Gasteiger partial charge in [0.2, 0.25) is 0 Å². The van der Waals surface area contributed by atoms with Crippen LogP contribution >= 0.6 is 11.3 Å². The summed E-state index contributed by atoms with van der Waals surface area (Å²) in [5.74, 6) is 0.316. The zero-order valence-electron chi connectivity index (χ0n) is 15.0. The van der Waals surface area contributed by atoms with Crippen LogP contribution in [0, 0.1) is 17.0 Å². The second kappa shape index (κ2) is 7.55. The highest BCUT2D eigenvalue weighted by atomic mass is 32.1. The zero-order chi connectivity index (χ0) is 19.6. The highest BCUT2D eigenvalue weighted by Crippen LogP contribution is 2.29. The van der Waals surface area contributed by atoms with E-state index in [1.165, 1.54) is 29.5 Å². The third kappa shape index (κ3) is 3.80. The molecule has 0 bridgehead atoms. The summed E-state index contributed by atoms with van der Waals surface area (Å²) in [5, 5.41) is 10.7. The number of methoxy groups -OCH3 is 1. The van der Waals surface area contributed by atoms with E-state index in [2.05, 4.69) is 4.99 Å². The van der Waals surface area contributed by atoms with E-state index in [0.29, 0.717) is 10.4 Å². The Morgan fingerprint density at radius 3 is 2.59 bits per heavy atom. The number of nitro groups is 1. The van der Waals surface area contributed by atoms with Gasteiger partial charge in [0, 0.05) is 25.3 Å². The van der Waals surface area contributed by atoms with Crippen LogP contribution in [0.1, 0.15) is 11.1 Å². The molecule has 8 heteroatoms. The van der Waals surface area contributed by atoms with Crippen LogP contribution in [-0.2, 0) is 11.8 Å². The highest BCUT2D eigenvalue weighted by Gasteiger charge is 2.11. The Labute approximate surface area is 159 Å². The lowest BCUT2D eigenvalue weighted by molar-refractivity contribution is -0.384. The van der Waals surface area contributed by atoms with Crippen LogP contribution in [0.4, 0.5) is 5.69 Å². The van der Waals surface area contributed by atoms with Crippen molar-refractivity contribution in [1.29, 1.82) is 0 Å². The first-order valence-corrected chi connectivity index (χ1v) is 8.86. The number of ether oxygens (including phenoxy) is 1. The molecular formula is C19H17N3O4S. The van der Waals surface area contributed by atoms with E-state index < -0.39 is 10.8 Å². The first-order chi connectivity index (χ1) is 12.9. The predicted octanol–water partition coefficient (Wildman–Crippen LogP) is 3.61. The van der Waals surface area contributed by atoms with E-state index in [0.717, 1.165) is 21.5 Å². The van der Waals surface area contributed by atoms with E-state index in [1.807, 2.05) is 30.7 Å². The van der Waals surface area contributed by atoms with Gasteiger partial charge in [0.05, 0.1) is 16.7 Å². The number of non-ortho nitro benzene ring substituents is 1. The van der Waals surface area contributed by atoms with Crippen LogP contribution in [0.3, 0.4) is 0 Å². The largest absolute Gasteiger partial charge is 0.495 e. The highest BCUT2D eigenvalue weighted by molar-refractivity contribution is 7.16. The van der Waals surface area contributed by atoms with Gasteiger partial charge in [-0.05, 0) is 42.3 Å². The molecule has 1 heterocycles. The lowest BCUT2D eigenvalue weighted by Gasteiger charge is -2.05. The SMILES string of the molecule is COc1ccc(C)c2sc(=NC(=O)C=Cc3ccc([N+](=O)[O-])cc3)n(C)c12. The van der Waals surface area contributed by atoms with Crippen molar-refractivity contribution >= 4 is 39.2 Å². The smallest absolute Gasteiger partial charge is 0.272 e. The van der Waals surface area contributed by atoms with Gasteiger partial charge in [-0.2, -0.15) is 4.99 Å². The molecule has 2 aromatic carbocycles. The number of benzene rings is 2. The molecule has 0 spiro atoms. The molecule has 0 aliphatic heterocycles. The van der Waals surface area contributed by atoms with E-state index in [4.69, 9.17) is 4.74 Å². The molecule has 1 amide bonds. The molecule has 0 radical (unpaired) electrons. The number of thiazole rings is 1. The predicted molar refractivity (Wildman–Crippen MR) is 105 cm³/mol. The second-order valence-corrected chi connectivity index (χ2v) is 6.82. The minimum atomic E-state index is -0.467. The molecule has 1 aromatic heterocycles. The third-order valence-electron chi connectivity index (χ3n) is 4.06. The molecule has 0 N–H and O–H groups in total. The number of hydrogen-bond donors (Lipinski definition) is 0. The summed E-state index contributed by atoms with van der Waals surface area (Å²) in [6, 6.07) is 9.80. The van der Waals surface area contributed by atoms with Crippen LogP contribution in [0.5, 0.6) is 5.75 Å². The lowest BCUT2D eigenvalue weighted by Crippen LogP contribution is -2.12. The molecule has 0 unspecified atom stereocenters. The number of aryl methyl sites for hydroxylation is 2. The topological polar surface area (TPSA) is 86.7 Å². The molecule has 0 atom stereocenters. The zero-order valence-corrected chi connectivity index (χ0v) is 15.8. The number of hydrogen-bond acceptors (Lipinski definition) is 5. The molecule has 0 fully saturated rings. The van der Waals surface area contributed by atoms with Crippen LogP contribution in [0.2, 0.25) is 0 Å². The average molecular weight is 383 g/mol. The van der Waals surface area contributed by atoms with Crippen molar-refractivity contribution in [2.24, 2.45) is 12.0 Å². The summed E-state index contributed by atoms with van der Waals surface area (Å²) in [4.78, 5) is 27.2. The number of carbonyl (C=O) groups excluding carboxylic acids is 1. The minimum absolute atomic E-state index is 0.00443. The van der Waals surface area contributed by atoms with Crippen molar-refractivity contribution < 1.29 is 14.5 Å². The van der Waals surface area contributed by atoms with Crippen molar-refractivity contribution in [1.82, 2.24) is 4.57 Å². The van der Waals surface area contributed by atoms with Gasteiger partial charge in [0.25, 0.3) is 11.6 Å². The maximum atomic E-state index is 12.2. The van der Waals surface area contributed by atoms with Gasteiger partial charge in [-0.15, -0.1) is 0 Å². The Hall–Kier alpha value is -3.26. The fourth-order valence-electron chi connectivity index (χ4n) is 2.62. The molecular weight excluding hydrogens is 366 g/mol. The molecule has 3 aromatic rings. The Morgan fingerprint density at radius 1 is 1.26 bits per heavy atom. The van der Waals surface area contributed by atoms with Crippen LogP contribution in [-0.4, -0.2) is 22.5 Å². The number of amides is 1. The van der Waals surface area contributed by atoms with Crippen LogP contribution in [0.25, 0.3) is 16.3 Å². The Bertz CT molecular complexity index is 1120. The van der Waals surface area contributed by atoms with Crippen molar-refractivity contribution in [3.63, 3.8) is 0 Å². The van der Waals surface area contributed by atoms with Gasteiger partial charge in [-0.25, -0.2) is 0 Å². The molecule has 138 valence electrons. The van der Waals surface area contributed by atoms with Crippen molar-refractivity contribution in [3.8, 4) is 5.75 Å². The number of aromatic nitrogens is 1. The normalized spacial score (nSPS) is 12.0. The summed E-state index contributed by atoms with van der Waals surface area (Å²) < 4.78 is 8.26. The molecule has 3 rings (SSSR count). The van der Waals surface area contributed by atoms with E-state index >= 15 is 0 Å². The standard InChI is InChI=1S/C19H17N3O4S/c1-12-4-10-15(26-3)17-18(12)27-19(21(17)2)20-16(23)11-7-13-5-8-14(9-6-13)22(24)25/h4-11H,1-3H3. The van der Waals surface area contributed by atoms with Gasteiger partial charge in [0.15, 0.2) is 4.80 Å². The fourth-order valence-corrected chi connectivity index (χ4v) is 3.73. The molecule has 0 saturated heterocycles. The Balaban J connectivity index is 1.92. The van der Waals surface area contributed by atoms with E-state index in [1.54, 1.807) is 25.3 Å². The number of carbonyl (C=O) groups is 1.